The number of ether oxygens (including phenoxy) is 1. The predicted molar refractivity (Wildman–Crippen MR) is 189 cm³/mol. The third-order valence-corrected chi connectivity index (χ3v) is 8.68. The summed E-state index contributed by atoms with van der Waals surface area (Å²) in [6, 6.07) is 40.9. The second-order valence-corrected chi connectivity index (χ2v) is 12.8. The van der Waals surface area contributed by atoms with Crippen LogP contribution in [0.1, 0.15) is 31.9 Å². The quantitative estimate of drug-likeness (QED) is 0.195. The van der Waals surface area contributed by atoms with E-state index >= 15 is 0 Å². The molecule has 0 amide bonds. The van der Waals surface area contributed by atoms with Crippen molar-refractivity contribution in [3.05, 3.63) is 145 Å². The Morgan fingerprint density at radius 3 is 2.38 bits per heavy atom. The van der Waals surface area contributed by atoms with E-state index in [0.29, 0.717) is 17.1 Å². The minimum absolute atomic E-state index is 0.0328. The molecule has 0 saturated heterocycles. The summed E-state index contributed by atoms with van der Waals surface area (Å²) in [4.78, 5) is 9.61. The Kier molecular flexibility index (Phi) is 6.63. The molecule has 6 nitrogen and oxygen atoms in total. The van der Waals surface area contributed by atoms with Crippen molar-refractivity contribution in [2.45, 2.75) is 26.2 Å². The van der Waals surface area contributed by atoms with Gasteiger partial charge in [0, 0.05) is 45.9 Å². The molecule has 8 rings (SSSR count). The molecular weight excluding hydrogens is 578 g/mol. The Hall–Kier alpha value is -6.19. The van der Waals surface area contributed by atoms with Gasteiger partial charge in [0.25, 0.3) is 0 Å². The van der Waals surface area contributed by atoms with Crippen LogP contribution in [0.25, 0.3) is 55.5 Å². The topological polar surface area (TPSA) is 68.7 Å². The lowest BCUT2D eigenvalue weighted by atomic mass is 9.88. The van der Waals surface area contributed by atoms with Gasteiger partial charge in [0.05, 0.1) is 40.1 Å². The van der Waals surface area contributed by atoms with Gasteiger partial charge < -0.3 is 9.30 Å². The summed E-state index contributed by atoms with van der Waals surface area (Å²) in [7, 11) is 0. The average Bonchev–Trinajstić information content (AvgIpc) is 3.66. The van der Waals surface area contributed by atoms with E-state index in [9.17, 15) is 5.26 Å². The molecular formula is C41H31N5O. The van der Waals surface area contributed by atoms with Crippen molar-refractivity contribution >= 4 is 32.7 Å². The van der Waals surface area contributed by atoms with Crippen molar-refractivity contribution in [1.29, 1.82) is 5.26 Å². The van der Waals surface area contributed by atoms with Crippen molar-refractivity contribution in [2.75, 3.05) is 0 Å². The first-order valence-electron chi connectivity index (χ1n) is 15.6. The smallest absolute Gasteiger partial charge is 0.137 e. The van der Waals surface area contributed by atoms with E-state index in [1.165, 1.54) is 5.56 Å². The molecule has 0 aliphatic heterocycles. The highest BCUT2D eigenvalue weighted by atomic mass is 16.5. The van der Waals surface area contributed by atoms with Gasteiger partial charge in [0.1, 0.15) is 17.3 Å². The molecule has 8 aromatic rings. The number of aromatic nitrogens is 4. The Bertz CT molecular complexity index is 2490. The first-order chi connectivity index (χ1) is 22.9. The summed E-state index contributed by atoms with van der Waals surface area (Å²) in [5, 5.41) is 12.8. The van der Waals surface area contributed by atoms with E-state index in [2.05, 4.69) is 96.8 Å². The van der Waals surface area contributed by atoms with Gasteiger partial charge in [0.15, 0.2) is 0 Å². The van der Waals surface area contributed by atoms with Crippen LogP contribution in [0, 0.1) is 11.3 Å². The molecule has 0 bridgehead atoms. The SMILES string of the molecule is CC(C)(C)c1ccnc(-n2c3ccc(C#N)cc3c3ccc(Oc4cccc(-c5cc6ccn(-c7ccccc7)c6cn5)c4)cc32)c1. The summed E-state index contributed by atoms with van der Waals surface area (Å²) in [6.45, 7) is 6.60. The number of benzene rings is 4. The summed E-state index contributed by atoms with van der Waals surface area (Å²) in [6.07, 6.45) is 5.87. The summed E-state index contributed by atoms with van der Waals surface area (Å²) in [5.41, 5.74) is 7.73. The lowest BCUT2D eigenvalue weighted by Crippen LogP contribution is -2.12. The van der Waals surface area contributed by atoms with Crippen LogP contribution in [-0.2, 0) is 5.41 Å². The fourth-order valence-electron chi connectivity index (χ4n) is 6.25. The Balaban J connectivity index is 1.18. The van der Waals surface area contributed by atoms with Gasteiger partial charge in [0.2, 0.25) is 0 Å². The molecule has 0 unspecified atom stereocenters. The number of fused-ring (bicyclic) bond motifs is 4. The number of nitriles is 1. The molecule has 4 aromatic carbocycles. The van der Waals surface area contributed by atoms with Gasteiger partial charge in [-0.1, -0.05) is 51.1 Å². The van der Waals surface area contributed by atoms with Gasteiger partial charge in [-0.15, -0.1) is 0 Å². The van der Waals surface area contributed by atoms with Crippen LogP contribution >= 0.6 is 0 Å². The molecule has 4 aromatic heterocycles. The molecule has 47 heavy (non-hydrogen) atoms. The summed E-state index contributed by atoms with van der Waals surface area (Å²) >= 11 is 0. The number of pyridine rings is 2. The Morgan fingerprint density at radius 1 is 0.702 bits per heavy atom. The monoisotopic (exact) mass is 609 g/mol. The Morgan fingerprint density at radius 2 is 1.55 bits per heavy atom. The van der Waals surface area contributed by atoms with Gasteiger partial charge >= 0.3 is 0 Å². The normalized spacial score (nSPS) is 11.7. The molecule has 226 valence electrons. The van der Waals surface area contributed by atoms with E-state index in [-0.39, 0.29) is 5.41 Å². The number of nitrogens with zero attached hydrogens (tertiary/aromatic N) is 5. The van der Waals surface area contributed by atoms with Crippen LogP contribution in [0.2, 0.25) is 0 Å². The zero-order valence-corrected chi connectivity index (χ0v) is 26.3. The van der Waals surface area contributed by atoms with E-state index in [1.54, 1.807) is 0 Å². The minimum Gasteiger partial charge on any atom is -0.457 e. The van der Waals surface area contributed by atoms with Crippen molar-refractivity contribution in [3.63, 3.8) is 0 Å². The standard InChI is InChI=1S/C41H31N5O/c1-41(2,3)30-16-18-43-40(23-30)46-37-15-12-27(25-42)20-35(37)34-14-13-33(24-38(34)46)47-32-11-7-8-28(21-32)36-22-29-17-19-45(39(29)26-44-36)31-9-5-4-6-10-31/h4-24,26H,1-3H3. The number of rotatable bonds is 5. The third kappa shape index (κ3) is 5.08. The summed E-state index contributed by atoms with van der Waals surface area (Å²) < 4.78 is 10.8. The maximum absolute atomic E-state index is 9.64. The van der Waals surface area contributed by atoms with Crippen LogP contribution in [0.4, 0.5) is 0 Å². The fourth-order valence-corrected chi connectivity index (χ4v) is 6.25. The lowest BCUT2D eigenvalue weighted by molar-refractivity contribution is 0.483. The lowest BCUT2D eigenvalue weighted by Gasteiger charge is -2.20. The molecule has 6 heteroatoms. The van der Waals surface area contributed by atoms with Crippen LogP contribution < -0.4 is 4.74 Å². The van der Waals surface area contributed by atoms with Crippen molar-refractivity contribution < 1.29 is 4.74 Å². The molecule has 0 saturated carbocycles. The first-order valence-corrected chi connectivity index (χ1v) is 15.6. The maximum atomic E-state index is 9.64. The highest BCUT2D eigenvalue weighted by Gasteiger charge is 2.19. The van der Waals surface area contributed by atoms with Crippen LogP contribution in [0.15, 0.2) is 134 Å². The maximum Gasteiger partial charge on any atom is 0.137 e. The van der Waals surface area contributed by atoms with E-state index < -0.39 is 0 Å². The molecule has 0 aliphatic rings. The summed E-state index contributed by atoms with van der Waals surface area (Å²) in [5.74, 6) is 2.24. The Labute approximate surface area is 272 Å². The zero-order valence-electron chi connectivity index (χ0n) is 26.3. The molecule has 0 fully saturated rings. The second-order valence-electron chi connectivity index (χ2n) is 12.8. The van der Waals surface area contributed by atoms with Gasteiger partial charge in [-0.05, 0) is 89.8 Å². The van der Waals surface area contributed by atoms with Crippen LogP contribution in [0.3, 0.4) is 0 Å². The van der Waals surface area contributed by atoms with E-state index in [4.69, 9.17) is 14.7 Å². The van der Waals surface area contributed by atoms with Crippen molar-refractivity contribution in [2.24, 2.45) is 0 Å². The van der Waals surface area contributed by atoms with Crippen LogP contribution in [-0.4, -0.2) is 19.1 Å². The molecule has 0 radical (unpaired) electrons. The number of hydrogen-bond donors (Lipinski definition) is 0. The predicted octanol–water partition coefficient (Wildman–Crippen LogP) is 10.1. The number of hydrogen-bond acceptors (Lipinski definition) is 4. The molecule has 0 atom stereocenters. The highest BCUT2D eigenvalue weighted by molar-refractivity contribution is 6.10. The van der Waals surface area contributed by atoms with Gasteiger partial charge in [-0.2, -0.15) is 5.26 Å². The van der Waals surface area contributed by atoms with Crippen LogP contribution in [0.5, 0.6) is 11.5 Å². The van der Waals surface area contributed by atoms with E-state index in [0.717, 1.165) is 55.5 Å². The van der Waals surface area contributed by atoms with Gasteiger partial charge in [-0.3, -0.25) is 9.55 Å². The molecule has 4 heterocycles. The van der Waals surface area contributed by atoms with E-state index in [1.807, 2.05) is 73.1 Å². The first kappa shape index (κ1) is 28.3. The van der Waals surface area contributed by atoms with Crippen molar-refractivity contribution in [3.8, 4) is 40.3 Å². The second kappa shape index (κ2) is 11.0. The zero-order chi connectivity index (χ0) is 32.1. The average molecular weight is 610 g/mol. The molecule has 0 aliphatic carbocycles. The third-order valence-electron chi connectivity index (χ3n) is 8.68. The van der Waals surface area contributed by atoms with Crippen molar-refractivity contribution in [1.82, 2.24) is 19.1 Å². The minimum atomic E-state index is -0.0328. The molecule has 0 N–H and O–H groups in total. The number of para-hydroxylation sites is 1. The molecule has 0 spiro atoms. The largest absolute Gasteiger partial charge is 0.457 e. The fraction of sp³-hybridized carbons (Fsp3) is 0.0976. The highest BCUT2D eigenvalue weighted by Crippen LogP contribution is 2.37. The van der Waals surface area contributed by atoms with Gasteiger partial charge in [-0.25, -0.2) is 4.98 Å².